The highest BCUT2D eigenvalue weighted by molar-refractivity contribution is 6.76. The number of rotatable bonds is 11. The number of nitrogens with zero attached hydrogens (tertiary/aromatic N) is 1. The van der Waals surface area contributed by atoms with Crippen LogP contribution in [-0.4, -0.2) is 63.4 Å². The second-order valence-electron chi connectivity index (χ2n) is 7.85. The van der Waals surface area contributed by atoms with Gasteiger partial charge in [-0.3, -0.25) is 0 Å². The summed E-state index contributed by atoms with van der Waals surface area (Å²) in [5.41, 5.74) is 0. The van der Waals surface area contributed by atoms with E-state index in [1.165, 1.54) is 0 Å². The summed E-state index contributed by atoms with van der Waals surface area (Å²) in [6, 6.07) is 0.696. The Hall–Kier alpha value is -0.199. The molecule has 0 aromatic rings. The van der Waals surface area contributed by atoms with Gasteiger partial charge >= 0.3 is 14.9 Å². The topological polar surface area (TPSA) is 57.2 Å². The zero-order chi connectivity index (χ0) is 19.0. The first kappa shape index (κ1) is 23.8. The quantitative estimate of drug-likeness (QED) is 0.492. The van der Waals surface area contributed by atoms with Gasteiger partial charge in [0.15, 0.2) is 8.24 Å². The lowest BCUT2D eigenvalue weighted by Gasteiger charge is -2.36. The number of carbonyl (C=O) groups is 1. The van der Waals surface area contributed by atoms with Crippen molar-refractivity contribution in [2.75, 3.05) is 27.4 Å². The summed E-state index contributed by atoms with van der Waals surface area (Å²) in [5.74, 6) is 0. The minimum Gasteiger partial charge on any atom is -0.505 e. The average molecular weight is 396 g/mol. The molecular weight excluding hydrogens is 358 g/mol. The van der Waals surface area contributed by atoms with Crippen molar-refractivity contribution in [3.8, 4) is 0 Å². The molecule has 0 N–H and O–H groups in total. The van der Waals surface area contributed by atoms with Crippen LogP contribution in [0.4, 0.5) is 4.79 Å². The Balaban J connectivity index is 4.86. The highest BCUT2D eigenvalue weighted by atomic mass is 28.4. The van der Waals surface area contributed by atoms with Crippen LogP contribution < -0.4 is 0 Å². The molecular formula is C15H37NO5Si3. The highest BCUT2D eigenvalue weighted by Gasteiger charge is 2.39. The van der Waals surface area contributed by atoms with Gasteiger partial charge in [0, 0.05) is 33.4 Å². The summed E-state index contributed by atoms with van der Waals surface area (Å²) in [6.07, 6.45) is 1.53. The molecule has 0 aromatic heterocycles. The number of hydrogen-bond donors (Lipinski definition) is 0. The Bertz CT molecular complexity index is 378. The lowest BCUT2D eigenvalue weighted by Crippen LogP contribution is -2.53. The predicted molar refractivity (Wildman–Crippen MR) is 105 cm³/mol. The van der Waals surface area contributed by atoms with Crippen LogP contribution in [0.15, 0.2) is 0 Å². The molecule has 0 heterocycles. The monoisotopic (exact) mass is 395 g/mol. The van der Waals surface area contributed by atoms with Crippen LogP contribution in [0.3, 0.4) is 0 Å². The number of amides is 1. The van der Waals surface area contributed by atoms with Crippen LogP contribution >= 0.6 is 0 Å². The van der Waals surface area contributed by atoms with Gasteiger partial charge in [-0.1, -0.05) is 26.6 Å². The second-order valence-corrected chi connectivity index (χ2v) is 20.1. The fourth-order valence-electron chi connectivity index (χ4n) is 2.21. The molecule has 0 aliphatic carbocycles. The number of hydrogen-bond acceptors (Lipinski definition) is 5. The summed E-state index contributed by atoms with van der Waals surface area (Å²) in [7, 11) is -3.07. The summed E-state index contributed by atoms with van der Waals surface area (Å²) >= 11 is 0. The van der Waals surface area contributed by atoms with Gasteiger partial charge in [0.05, 0.1) is 0 Å². The maximum absolute atomic E-state index is 12.6. The van der Waals surface area contributed by atoms with E-state index in [1.807, 2.05) is 24.2 Å². The Kier molecular flexibility index (Phi) is 9.99. The van der Waals surface area contributed by atoms with Crippen molar-refractivity contribution in [2.24, 2.45) is 0 Å². The first-order valence-corrected chi connectivity index (χ1v) is 17.4. The molecule has 0 spiro atoms. The van der Waals surface area contributed by atoms with Crippen LogP contribution in [-0.2, 0) is 17.7 Å². The fraction of sp³-hybridized carbons (Fsp3) is 0.933. The van der Waals surface area contributed by atoms with E-state index < -0.39 is 25.4 Å². The summed E-state index contributed by atoms with van der Waals surface area (Å²) in [4.78, 5) is 12.6. The summed E-state index contributed by atoms with van der Waals surface area (Å²) < 4.78 is 24.6. The van der Waals surface area contributed by atoms with E-state index in [0.29, 0.717) is 19.2 Å². The van der Waals surface area contributed by atoms with E-state index in [4.69, 9.17) is 17.7 Å². The van der Waals surface area contributed by atoms with Crippen molar-refractivity contribution in [1.29, 1.82) is 0 Å². The van der Waals surface area contributed by atoms with Crippen LogP contribution in [0, 0.1) is 0 Å². The fourth-order valence-corrected chi connectivity index (χ4v) is 6.42. The van der Waals surface area contributed by atoms with Crippen molar-refractivity contribution in [3.63, 3.8) is 0 Å². The van der Waals surface area contributed by atoms with Gasteiger partial charge in [0.1, 0.15) is 0 Å². The van der Waals surface area contributed by atoms with Crippen LogP contribution in [0.2, 0.25) is 45.3 Å². The van der Waals surface area contributed by atoms with Crippen LogP contribution in [0.5, 0.6) is 0 Å². The van der Waals surface area contributed by atoms with Crippen LogP contribution in [0.1, 0.15) is 19.8 Å². The Morgan fingerprint density at radius 1 is 1.00 bits per heavy atom. The molecule has 1 amide bonds. The molecule has 0 aromatic carbocycles. The third-order valence-electron chi connectivity index (χ3n) is 3.44. The lowest BCUT2D eigenvalue weighted by molar-refractivity contribution is 0.0970. The number of carbonyl (C=O) groups excluding carboxylic acids is 1. The van der Waals surface area contributed by atoms with E-state index in [2.05, 4.69) is 26.6 Å². The summed E-state index contributed by atoms with van der Waals surface area (Å²) in [5, 5.41) is 0. The Labute approximate surface area is 151 Å². The van der Waals surface area contributed by atoms with Gasteiger partial charge in [-0.15, -0.1) is 0 Å². The van der Waals surface area contributed by atoms with Gasteiger partial charge in [-0.25, -0.2) is 4.79 Å². The molecule has 0 rings (SSSR count). The Morgan fingerprint density at radius 3 is 1.92 bits per heavy atom. The molecule has 0 bridgehead atoms. The molecule has 0 radical (unpaired) electrons. The molecule has 9 heteroatoms. The van der Waals surface area contributed by atoms with E-state index >= 15 is 0 Å². The molecule has 0 aliphatic heterocycles. The minimum atomic E-state index is -2.63. The van der Waals surface area contributed by atoms with E-state index in [-0.39, 0.29) is 6.09 Å². The standard InChI is InChI=1S/C15H37NO5Si3/c1-10-13-20-24(18-2,19-3)14-11-12-16(22(4,5)6)15(17)21-23(7,8)9/h10-14H2,1-9H3. The highest BCUT2D eigenvalue weighted by Crippen LogP contribution is 2.20. The van der Waals surface area contributed by atoms with Crippen molar-refractivity contribution in [1.82, 2.24) is 4.57 Å². The lowest BCUT2D eigenvalue weighted by atomic mass is 10.5. The van der Waals surface area contributed by atoms with Crippen molar-refractivity contribution < 1.29 is 22.5 Å². The first-order valence-electron chi connectivity index (χ1n) is 8.65. The molecule has 0 saturated carbocycles. The van der Waals surface area contributed by atoms with Gasteiger partial charge in [-0.05, 0) is 32.5 Å². The van der Waals surface area contributed by atoms with E-state index in [9.17, 15) is 4.79 Å². The van der Waals surface area contributed by atoms with Crippen LogP contribution in [0.25, 0.3) is 0 Å². The third-order valence-corrected chi connectivity index (χ3v) is 9.10. The van der Waals surface area contributed by atoms with E-state index in [1.54, 1.807) is 14.2 Å². The maximum atomic E-state index is 12.6. The van der Waals surface area contributed by atoms with Crippen molar-refractivity contribution in [2.45, 2.75) is 65.1 Å². The molecule has 6 nitrogen and oxygen atoms in total. The second kappa shape index (κ2) is 10.1. The molecule has 144 valence electrons. The maximum Gasteiger partial charge on any atom is 0.500 e. The molecule has 0 atom stereocenters. The average Bonchev–Trinajstić information content (AvgIpc) is 2.44. The minimum absolute atomic E-state index is 0.176. The molecule has 0 aliphatic rings. The van der Waals surface area contributed by atoms with Crippen molar-refractivity contribution >= 4 is 31.5 Å². The van der Waals surface area contributed by atoms with Gasteiger partial charge in [-0.2, -0.15) is 0 Å². The smallest absolute Gasteiger partial charge is 0.500 e. The molecule has 0 saturated heterocycles. The van der Waals surface area contributed by atoms with Crippen molar-refractivity contribution in [3.05, 3.63) is 0 Å². The SMILES string of the molecule is CCCO[Si](CCCN(C(=O)O[Si](C)(C)C)[Si](C)(C)C)(OC)OC. The molecule has 24 heavy (non-hydrogen) atoms. The summed E-state index contributed by atoms with van der Waals surface area (Å²) in [6.45, 7) is 15.9. The first-order chi connectivity index (χ1) is 10.9. The molecule has 0 unspecified atom stereocenters. The van der Waals surface area contributed by atoms with Gasteiger partial charge in [0.25, 0.3) is 0 Å². The third kappa shape index (κ3) is 8.77. The van der Waals surface area contributed by atoms with Gasteiger partial charge < -0.3 is 22.3 Å². The zero-order valence-corrected chi connectivity index (χ0v) is 20.0. The van der Waals surface area contributed by atoms with E-state index in [0.717, 1.165) is 12.8 Å². The predicted octanol–water partition coefficient (Wildman–Crippen LogP) is 4.14. The molecule has 0 fully saturated rings. The Morgan fingerprint density at radius 2 is 1.54 bits per heavy atom. The van der Waals surface area contributed by atoms with Gasteiger partial charge in [0.2, 0.25) is 8.32 Å². The largest absolute Gasteiger partial charge is 0.505 e. The zero-order valence-electron chi connectivity index (χ0n) is 17.0. The normalized spacial score (nSPS) is 13.0.